The molecule has 7 heteroatoms. The van der Waals surface area contributed by atoms with Crippen LogP contribution >= 0.6 is 11.3 Å². The van der Waals surface area contributed by atoms with E-state index < -0.39 is 5.97 Å². The van der Waals surface area contributed by atoms with Crippen molar-refractivity contribution in [1.29, 1.82) is 0 Å². The predicted octanol–water partition coefficient (Wildman–Crippen LogP) is 2.23. The highest BCUT2D eigenvalue weighted by Gasteiger charge is 2.24. The minimum Gasteiger partial charge on any atom is -0.465 e. The van der Waals surface area contributed by atoms with Gasteiger partial charge in [0.25, 0.3) is 0 Å². The average molecular weight is 334 g/mol. The SMILES string of the molecule is COC(=O)c1c(CC(=O)NCc2cccs2)[nH]c(C(C)=O)c1C. The van der Waals surface area contributed by atoms with E-state index in [1.165, 1.54) is 14.0 Å². The van der Waals surface area contributed by atoms with Gasteiger partial charge in [-0.1, -0.05) is 6.07 Å². The predicted molar refractivity (Wildman–Crippen MR) is 86.7 cm³/mol. The van der Waals surface area contributed by atoms with Gasteiger partial charge in [-0.15, -0.1) is 11.3 Å². The second-order valence-electron chi connectivity index (χ2n) is 5.06. The van der Waals surface area contributed by atoms with E-state index in [0.29, 0.717) is 23.5 Å². The highest BCUT2D eigenvalue weighted by molar-refractivity contribution is 7.09. The third-order valence-electron chi connectivity index (χ3n) is 3.45. The van der Waals surface area contributed by atoms with E-state index in [4.69, 9.17) is 4.74 Å². The molecule has 0 aromatic carbocycles. The third kappa shape index (κ3) is 3.87. The molecule has 0 unspecified atom stereocenters. The number of aromatic amines is 1. The number of carbonyl (C=O) groups excluding carboxylic acids is 3. The summed E-state index contributed by atoms with van der Waals surface area (Å²) in [6.45, 7) is 3.50. The van der Waals surface area contributed by atoms with E-state index >= 15 is 0 Å². The molecular weight excluding hydrogens is 316 g/mol. The summed E-state index contributed by atoms with van der Waals surface area (Å²) >= 11 is 1.55. The van der Waals surface area contributed by atoms with E-state index in [2.05, 4.69) is 10.3 Å². The van der Waals surface area contributed by atoms with Gasteiger partial charge in [0.1, 0.15) is 0 Å². The second-order valence-corrected chi connectivity index (χ2v) is 6.09. The summed E-state index contributed by atoms with van der Waals surface area (Å²) in [7, 11) is 1.27. The number of rotatable bonds is 6. The molecule has 0 bridgehead atoms. The fourth-order valence-corrected chi connectivity index (χ4v) is 2.99. The number of hydrogen-bond donors (Lipinski definition) is 2. The first-order valence-corrected chi connectivity index (χ1v) is 7.91. The summed E-state index contributed by atoms with van der Waals surface area (Å²) in [6.07, 6.45) is -0.0239. The molecule has 1 amide bonds. The molecule has 0 atom stereocenters. The largest absolute Gasteiger partial charge is 0.465 e. The Bertz CT molecular complexity index is 732. The van der Waals surface area contributed by atoms with Crippen LogP contribution in [0.4, 0.5) is 0 Å². The van der Waals surface area contributed by atoms with Crippen molar-refractivity contribution in [2.24, 2.45) is 0 Å². The second kappa shape index (κ2) is 7.23. The molecule has 0 radical (unpaired) electrons. The number of amides is 1. The Morgan fingerprint density at radius 3 is 2.65 bits per heavy atom. The number of ether oxygens (including phenoxy) is 1. The lowest BCUT2D eigenvalue weighted by molar-refractivity contribution is -0.120. The van der Waals surface area contributed by atoms with Crippen LogP contribution in [0.2, 0.25) is 0 Å². The molecule has 2 rings (SSSR count). The summed E-state index contributed by atoms with van der Waals surface area (Å²) in [5, 5.41) is 4.72. The summed E-state index contributed by atoms with van der Waals surface area (Å²) in [4.78, 5) is 39.6. The van der Waals surface area contributed by atoms with Crippen LogP contribution < -0.4 is 5.32 Å². The van der Waals surface area contributed by atoms with E-state index in [0.717, 1.165) is 4.88 Å². The van der Waals surface area contributed by atoms with E-state index in [9.17, 15) is 14.4 Å². The van der Waals surface area contributed by atoms with E-state index in [1.54, 1.807) is 18.3 Å². The van der Waals surface area contributed by atoms with Gasteiger partial charge >= 0.3 is 5.97 Å². The van der Waals surface area contributed by atoms with Crippen molar-refractivity contribution in [1.82, 2.24) is 10.3 Å². The molecule has 0 aliphatic heterocycles. The first kappa shape index (κ1) is 17.0. The number of ketones is 1. The molecule has 122 valence electrons. The maximum atomic E-state index is 12.1. The minimum absolute atomic E-state index is 0.0239. The van der Waals surface area contributed by atoms with Crippen LogP contribution in [0, 0.1) is 6.92 Å². The first-order chi connectivity index (χ1) is 10.9. The summed E-state index contributed by atoms with van der Waals surface area (Å²) in [5.41, 5.74) is 1.48. The maximum Gasteiger partial charge on any atom is 0.339 e. The van der Waals surface area contributed by atoms with Gasteiger partial charge in [-0.05, 0) is 23.9 Å². The Hall–Kier alpha value is -2.41. The van der Waals surface area contributed by atoms with Gasteiger partial charge in [-0.2, -0.15) is 0 Å². The number of nitrogens with one attached hydrogen (secondary N) is 2. The third-order valence-corrected chi connectivity index (χ3v) is 4.32. The van der Waals surface area contributed by atoms with Gasteiger partial charge in [0.15, 0.2) is 5.78 Å². The van der Waals surface area contributed by atoms with Crippen LogP contribution in [-0.4, -0.2) is 29.8 Å². The number of Topliss-reactive ketones (excluding diaryl/α,β-unsaturated/α-hetero) is 1. The fourth-order valence-electron chi connectivity index (χ4n) is 2.34. The molecule has 6 nitrogen and oxygen atoms in total. The van der Waals surface area contributed by atoms with Gasteiger partial charge in [0, 0.05) is 17.5 Å². The average Bonchev–Trinajstić information content (AvgIpc) is 3.12. The van der Waals surface area contributed by atoms with Crippen LogP contribution in [0.15, 0.2) is 17.5 Å². The molecule has 0 saturated carbocycles. The van der Waals surface area contributed by atoms with Crippen LogP contribution in [-0.2, 0) is 22.5 Å². The molecule has 0 saturated heterocycles. The number of H-pyrrole nitrogens is 1. The zero-order chi connectivity index (χ0) is 17.0. The van der Waals surface area contributed by atoms with Crippen LogP contribution in [0.25, 0.3) is 0 Å². The highest BCUT2D eigenvalue weighted by atomic mass is 32.1. The number of thiophene rings is 1. The van der Waals surface area contributed by atoms with Crippen molar-refractivity contribution in [2.75, 3.05) is 7.11 Å². The smallest absolute Gasteiger partial charge is 0.339 e. The Morgan fingerprint density at radius 1 is 1.35 bits per heavy atom. The molecule has 0 aliphatic rings. The summed E-state index contributed by atoms with van der Waals surface area (Å²) in [6, 6.07) is 3.84. The normalized spacial score (nSPS) is 10.4. The monoisotopic (exact) mass is 334 g/mol. The van der Waals surface area contributed by atoms with Crippen molar-refractivity contribution in [2.45, 2.75) is 26.8 Å². The van der Waals surface area contributed by atoms with Gasteiger partial charge in [0.05, 0.1) is 31.3 Å². The maximum absolute atomic E-state index is 12.1. The van der Waals surface area contributed by atoms with Gasteiger partial charge in [-0.25, -0.2) is 4.79 Å². The first-order valence-electron chi connectivity index (χ1n) is 7.03. The molecule has 2 aromatic heterocycles. The van der Waals surface area contributed by atoms with Gasteiger partial charge < -0.3 is 15.0 Å². The van der Waals surface area contributed by atoms with Gasteiger partial charge in [0.2, 0.25) is 5.91 Å². The van der Waals surface area contributed by atoms with E-state index in [1.807, 2.05) is 17.5 Å². The zero-order valence-electron chi connectivity index (χ0n) is 13.2. The quantitative estimate of drug-likeness (QED) is 0.626. The van der Waals surface area contributed by atoms with Crippen LogP contribution in [0.5, 0.6) is 0 Å². The Kier molecular flexibility index (Phi) is 5.33. The highest BCUT2D eigenvalue weighted by Crippen LogP contribution is 2.20. The number of methoxy groups -OCH3 is 1. The topological polar surface area (TPSA) is 88.3 Å². The van der Waals surface area contributed by atoms with Crippen molar-refractivity contribution >= 4 is 29.0 Å². The van der Waals surface area contributed by atoms with Crippen molar-refractivity contribution < 1.29 is 19.1 Å². The molecular formula is C16H18N2O4S. The standard InChI is InChI=1S/C16H18N2O4S/c1-9-14(16(21)22-3)12(18-15(9)10(2)19)7-13(20)17-8-11-5-4-6-23-11/h4-6,18H,7-8H2,1-3H3,(H,17,20). The Morgan fingerprint density at radius 2 is 2.09 bits per heavy atom. The number of carbonyl (C=O) groups is 3. The lowest BCUT2D eigenvalue weighted by Crippen LogP contribution is -2.25. The van der Waals surface area contributed by atoms with Crippen molar-refractivity contribution in [3.8, 4) is 0 Å². The number of hydrogen-bond acceptors (Lipinski definition) is 5. The molecule has 2 N–H and O–H groups in total. The molecule has 0 fully saturated rings. The Balaban J connectivity index is 2.17. The number of aromatic nitrogens is 1. The zero-order valence-corrected chi connectivity index (χ0v) is 14.0. The molecule has 0 spiro atoms. The molecule has 2 heterocycles. The van der Waals surface area contributed by atoms with Crippen LogP contribution in [0.3, 0.4) is 0 Å². The van der Waals surface area contributed by atoms with Crippen LogP contribution in [0.1, 0.15) is 43.9 Å². The summed E-state index contributed by atoms with van der Waals surface area (Å²) in [5.74, 6) is -0.995. The lowest BCUT2D eigenvalue weighted by atomic mass is 10.1. The fraction of sp³-hybridized carbons (Fsp3) is 0.312. The number of esters is 1. The summed E-state index contributed by atoms with van der Waals surface area (Å²) < 4.78 is 4.75. The van der Waals surface area contributed by atoms with E-state index in [-0.39, 0.29) is 23.7 Å². The molecule has 2 aromatic rings. The lowest BCUT2D eigenvalue weighted by Gasteiger charge is -2.05. The molecule has 0 aliphatic carbocycles. The van der Waals surface area contributed by atoms with Crippen molar-refractivity contribution in [3.63, 3.8) is 0 Å². The molecule has 23 heavy (non-hydrogen) atoms. The minimum atomic E-state index is -0.563. The van der Waals surface area contributed by atoms with Gasteiger partial charge in [-0.3, -0.25) is 9.59 Å². The Labute approximate surface area is 137 Å². The van der Waals surface area contributed by atoms with Crippen molar-refractivity contribution in [3.05, 3.63) is 44.9 Å².